The van der Waals surface area contributed by atoms with Gasteiger partial charge in [0.2, 0.25) is 15.9 Å². The number of nitrogens with zero attached hydrogens (tertiary/aromatic N) is 2. The molecule has 1 saturated heterocycles. The lowest BCUT2D eigenvalue weighted by Gasteiger charge is -2.27. The molecule has 3 amide bonds. The quantitative estimate of drug-likeness (QED) is 0.508. The van der Waals surface area contributed by atoms with Crippen LogP contribution in [0.25, 0.3) is 10.8 Å². The van der Waals surface area contributed by atoms with E-state index < -0.39 is 10.0 Å². The molecule has 0 aliphatic carbocycles. The van der Waals surface area contributed by atoms with Gasteiger partial charge in [-0.05, 0) is 61.0 Å². The molecule has 0 spiro atoms. The van der Waals surface area contributed by atoms with E-state index in [0.29, 0.717) is 41.7 Å². The van der Waals surface area contributed by atoms with E-state index in [0.717, 1.165) is 18.2 Å². The van der Waals surface area contributed by atoms with Crippen molar-refractivity contribution in [1.82, 2.24) is 9.21 Å². The Morgan fingerprint density at radius 1 is 0.857 bits per heavy atom. The highest BCUT2D eigenvalue weighted by molar-refractivity contribution is 7.89. The second-order valence-corrected chi connectivity index (χ2v) is 10.7. The molecule has 1 fully saturated rings. The minimum Gasteiger partial charge on any atom is -0.326 e. The fourth-order valence-electron chi connectivity index (χ4n) is 4.69. The molecule has 8 nitrogen and oxygen atoms in total. The van der Waals surface area contributed by atoms with Crippen molar-refractivity contribution in [2.24, 2.45) is 0 Å². The molecule has 1 N–H and O–H groups in total. The fraction of sp³-hybridized carbons (Fsp3) is 0.269. The van der Waals surface area contributed by atoms with Crippen molar-refractivity contribution in [3.8, 4) is 0 Å². The van der Waals surface area contributed by atoms with Crippen LogP contribution in [-0.4, -0.2) is 55.0 Å². The molecule has 0 radical (unpaired) electrons. The van der Waals surface area contributed by atoms with Gasteiger partial charge in [-0.25, -0.2) is 8.42 Å². The summed E-state index contributed by atoms with van der Waals surface area (Å²) < 4.78 is 26.7. The van der Waals surface area contributed by atoms with Crippen LogP contribution >= 0.6 is 0 Å². The molecular formula is C26H25N3O5S. The van der Waals surface area contributed by atoms with E-state index in [2.05, 4.69) is 5.32 Å². The number of hydrogen-bond acceptors (Lipinski definition) is 5. The Morgan fingerprint density at radius 3 is 2.06 bits per heavy atom. The molecule has 5 rings (SSSR count). The third-order valence-corrected chi connectivity index (χ3v) is 8.40. The van der Waals surface area contributed by atoms with Crippen LogP contribution in [0.4, 0.5) is 5.69 Å². The molecule has 2 heterocycles. The van der Waals surface area contributed by atoms with Crippen molar-refractivity contribution in [3.05, 3.63) is 71.8 Å². The molecule has 35 heavy (non-hydrogen) atoms. The summed E-state index contributed by atoms with van der Waals surface area (Å²) in [5.74, 6) is -0.983. The molecule has 0 bridgehead atoms. The lowest BCUT2D eigenvalue weighted by Crippen LogP contribution is -2.41. The van der Waals surface area contributed by atoms with Gasteiger partial charge < -0.3 is 5.32 Å². The van der Waals surface area contributed by atoms with Crippen molar-refractivity contribution >= 4 is 44.2 Å². The normalized spacial score (nSPS) is 16.2. The standard InChI is InChI=1S/C26H25N3O5S/c30-23(27-19-11-13-20(14-12-19)35(33,34)28-15-1-2-16-28)10-5-17-29-25(31)21-8-3-6-18-7-4-9-22(24(18)21)26(29)32/h3-4,6-9,11-14H,1-2,5,10,15-17H2,(H,27,30). The molecule has 0 unspecified atom stereocenters. The van der Waals surface area contributed by atoms with Crippen molar-refractivity contribution in [2.75, 3.05) is 25.0 Å². The number of benzene rings is 3. The first kappa shape index (κ1) is 23.2. The molecule has 0 saturated carbocycles. The molecule has 2 aliphatic heterocycles. The number of imide groups is 1. The zero-order valence-corrected chi connectivity index (χ0v) is 19.9. The summed E-state index contributed by atoms with van der Waals surface area (Å²) in [6.07, 6.45) is 2.15. The predicted molar refractivity (Wildman–Crippen MR) is 132 cm³/mol. The molecule has 180 valence electrons. The average Bonchev–Trinajstić information content (AvgIpc) is 3.41. The van der Waals surface area contributed by atoms with Gasteiger partial charge >= 0.3 is 0 Å². The summed E-state index contributed by atoms with van der Waals surface area (Å²) in [6, 6.07) is 16.9. The van der Waals surface area contributed by atoms with Crippen LogP contribution in [0.2, 0.25) is 0 Å². The number of nitrogens with one attached hydrogen (secondary N) is 1. The predicted octanol–water partition coefficient (Wildman–Crippen LogP) is 3.64. The summed E-state index contributed by atoms with van der Waals surface area (Å²) in [5, 5.41) is 4.27. The minimum absolute atomic E-state index is 0.108. The van der Waals surface area contributed by atoms with Crippen LogP contribution in [-0.2, 0) is 14.8 Å². The van der Waals surface area contributed by atoms with Gasteiger partial charge in [-0.2, -0.15) is 4.31 Å². The van der Waals surface area contributed by atoms with Crippen LogP contribution in [0.1, 0.15) is 46.4 Å². The zero-order chi connectivity index (χ0) is 24.6. The van der Waals surface area contributed by atoms with Gasteiger partial charge in [0.1, 0.15) is 0 Å². The lowest BCUT2D eigenvalue weighted by atomic mass is 9.94. The largest absolute Gasteiger partial charge is 0.326 e. The number of sulfonamides is 1. The van der Waals surface area contributed by atoms with Gasteiger partial charge in [0.05, 0.1) is 4.90 Å². The number of hydrogen-bond donors (Lipinski definition) is 1. The smallest absolute Gasteiger partial charge is 0.261 e. The number of anilines is 1. The van der Waals surface area contributed by atoms with Gasteiger partial charge in [-0.3, -0.25) is 19.3 Å². The molecule has 3 aromatic carbocycles. The van der Waals surface area contributed by atoms with E-state index in [4.69, 9.17) is 0 Å². The first-order valence-electron chi connectivity index (χ1n) is 11.6. The topological polar surface area (TPSA) is 104 Å². The number of carbonyl (C=O) groups excluding carboxylic acids is 3. The van der Waals surface area contributed by atoms with Crippen molar-refractivity contribution in [3.63, 3.8) is 0 Å². The van der Waals surface area contributed by atoms with Gasteiger partial charge in [0.15, 0.2) is 0 Å². The van der Waals surface area contributed by atoms with Gasteiger partial charge in [-0.1, -0.05) is 24.3 Å². The minimum atomic E-state index is -3.51. The Balaban J connectivity index is 1.19. The summed E-state index contributed by atoms with van der Waals surface area (Å²) >= 11 is 0. The Bertz CT molecular complexity index is 1380. The summed E-state index contributed by atoms with van der Waals surface area (Å²) in [5.41, 5.74) is 1.47. The number of amides is 3. The van der Waals surface area contributed by atoms with Crippen LogP contribution in [0.15, 0.2) is 65.6 Å². The third-order valence-electron chi connectivity index (χ3n) is 6.48. The van der Waals surface area contributed by atoms with E-state index in [1.54, 1.807) is 36.4 Å². The Morgan fingerprint density at radius 2 is 1.46 bits per heavy atom. The number of carbonyl (C=O) groups is 3. The average molecular weight is 492 g/mol. The van der Waals surface area contributed by atoms with E-state index in [1.165, 1.54) is 21.3 Å². The maximum absolute atomic E-state index is 12.9. The second kappa shape index (κ2) is 9.24. The number of rotatable bonds is 7. The highest BCUT2D eigenvalue weighted by Crippen LogP contribution is 2.30. The Kier molecular flexibility index (Phi) is 6.12. The van der Waals surface area contributed by atoms with Crippen molar-refractivity contribution in [2.45, 2.75) is 30.6 Å². The van der Waals surface area contributed by atoms with Gasteiger partial charge in [-0.15, -0.1) is 0 Å². The monoisotopic (exact) mass is 491 g/mol. The third kappa shape index (κ3) is 4.33. The molecular weight excluding hydrogens is 466 g/mol. The van der Waals surface area contributed by atoms with E-state index in [9.17, 15) is 22.8 Å². The fourth-order valence-corrected chi connectivity index (χ4v) is 6.21. The SMILES string of the molecule is O=C(CCCN1C(=O)c2cccc3cccc(c23)C1=O)Nc1ccc(S(=O)(=O)N2CCCC2)cc1. The first-order chi connectivity index (χ1) is 16.9. The van der Waals surface area contributed by atoms with Crippen LogP contribution in [0.5, 0.6) is 0 Å². The lowest BCUT2D eigenvalue weighted by molar-refractivity contribution is -0.116. The van der Waals surface area contributed by atoms with Crippen molar-refractivity contribution in [1.29, 1.82) is 0 Å². The van der Waals surface area contributed by atoms with Crippen LogP contribution < -0.4 is 5.32 Å². The molecule has 2 aliphatic rings. The van der Waals surface area contributed by atoms with Crippen molar-refractivity contribution < 1.29 is 22.8 Å². The van der Waals surface area contributed by atoms with Gasteiger partial charge in [0.25, 0.3) is 11.8 Å². The molecule has 0 atom stereocenters. The summed E-state index contributed by atoms with van der Waals surface area (Å²) in [7, 11) is -3.51. The van der Waals surface area contributed by atoms with Gasteiger partial charge in [0, 0.05) is 48.3 Å². The first-order valence-corrected chi connectivity index (χ1v) is 13.1. The maximum Gasteiger partial charge on any atom is 0.261 e. The molecule has 0 aromatic heterocycles. The van der Waals surface area contributed by atoms with E-state index in [-0.39, 0.29) is 35.6 Å². The van der Waals surface area contributed by atoms with E-state index in [1.807, 2.05) is 12.1 Å². The zero-order valence-electron chi connectivity index (χ0n) is 19.1. The summed E-state index contributed by atoms with van der Waals surface area (Å²) in [6.45, 7) is 1.19. The highest BCUT2D eigenvalue weighted by Gasteiger charge is 2.32. The maximum atomic E-state index is 12.9. The molecule has 3 aromatic rings. The van der Waals surface area contributed by atoms with Crippen LogP contribution in [0, 0.1) is 0 Å². The summed E-state index contributed by atoms with van der Waals surface area (Å²) in [4.78, 5) is 39.7. The highest BCUT2D eigenvalue weighted by atomic mass is 32.2. The van der Waals surface area contributed by atoms with Crippen LogP contribution in [0.3, 0.4) is 0 Å². The Hall–Kier alpha value is -3.56. The van der Waals surface area contributed by atoms with E-state index >= 15 is 0 Å². The Labute approximate surface area is 203 Å². The molecule has 9 heteroatoms. The second-order valence-electron chi connectivity index (χ2n) is 8.76.